The summed E-state index contributed by atoms with van der Waals surface area (Å²) in [5, 5.41) is 3.54. The highest BCUT2D eigenvalue weighted by Gasteiger charge is 2.16. The smallest absolute Gasteiger partial charge is 0.160 e. The maximum Gasteiger partial charge on any atom is 0.160 e. The number of hydrogen-bond donors (Lipinski definition) is 0. The van der Waals surface area contributed by atoms with Crippen LogP contribution in [0.25, 0.3) is 100 Å². The van der Waals surface area contributed by atoms with Crippen LogP contribution >= 0.6 is 0 Å². The molecule has 0 saturated carbocycles. The van der Waals surface area contributed by atoms with Gasteiger partial charge in [0.1, 0.15) is 0 Å². The lowest BCUT2D eigenvalue weighted by Crippen LogP contribution is -1.96. The number of benzene rings is 8. The zero-order valence-electron chi connectivity index (χ0n) is 30.5. The normalized spacial score (nSPS) is 11.2. The Morgan fingerprint density at radius 1 is 0.250 bits per heavy atom. The van der Waals surface area contributed by atoms with Crippen molar-refractivity contribution in [3.8, 4) is 78.5 Å². The fraction of sp³-hybridized carbons (Fsp3) is 0. The van der Waals surface area contributed by atoms with Gasteiger partial charge >= 0.3 is 0 Å². The molecule has 0 saturated heterocycles. The monoisotopic (exact) mass is 713 g/mol. The van der Waals surface area contributed by atoms with Gasteiger partial charge in [0, 0.05) is 27.6 Å². The molecule has 3 heteroatoms. The van der Waals surface area contributed by atoms with Crippen molar-refractivity contribution in [1.29, 1.82) is 0 Å². The van der Waals surface area contributed by atoms with Crippen LogP contribution in [0.4, 0.5) is 0 Å². The first-order valence-corrected chi connectivity index (χ1v) is 18.9. The Kier molecular flexibility index (Phi) is 8.51. The van der Waals surface area contributed by atoms with E-state index in [0.29, 0.717) is 5.82 Å². The molecule has 0 spiro atoms. The van der Waals surface area contributed by atoms with Crippen LogP contribution in [-0.2, 0) is 0 Å². The molecule has 0 aliphatic rings. The highest BCUT2D eigenvalue weighted by Crippen LogP contribution is 2.40. The molecule has 0 aliphatic heterocycles. The van der Waals surface area contributed by atoms with Gasteiger partial charge in [0.25, 0.3) is 0 Å². The number of aromatic nitrogens is 3. The minimum Gasteiger partial charge on any atom is -0.248 e. The van der Waals surface area contributed by atoms with Gasteiger partial charge in [0.05, 0.1) is 22.6 Å². The van der Waals surface area contributed by atoms with E-state index in [2.05, 4.69) is 170 Å². The Bertz CT molecular complexity index is 2940. The highest BCUT2D eigenvalue weighted by molar-refractivity contribution is 6.17. The zero-order chi connectivity index (χ0) is 37.3. The number of nitrogens with zero attached hydrogens (tertiary/aromatic N) is 3. The molecule has 2 heterocycles. The van der Waals surface area contributed by atoms with Crippen LogP contribution in [0.3, 0.4) is 0 Å². The van der Waals surface area contributed by atoms with Crippen molar-refractivity contribution >= 4 is 21.7 Å². The molecular weight excluding hydrogens is 679 g/mol. The Balaban J connectivity index is 1.08. The molecule has 0 fully saturated rings. The summed E-state index contributed by atoms with van der Waals surface area (Å²) < 4.78 is 0. The second kappa shape index (κ2) is 14.4. The van der Waals surface area contributed by atoms with Crippen molar-refractivity contribution in [3.05, 3.63) is 212 Å². The lowest BCUT2D eigenvalue weighted by molar-refractivity contribution is 1.18. The van der Waals surface area contributed by atoms with Crippen molar-refractivity contribution in [2.45, 2.75) is 0 Å². The Labute approximate surface area is 326 Å². The molecule has 0 bridgehead atoms. The summed E-state index contributed by atoms with van der Waals surface area (Å²) in [4.78, 5) is 15.3. The van der Waals surface area contributed by atoms with Crippen LogP contribution in [-0.4, -0.2) is 15.0 Å². The molecule has 10 rings (SSSR count). The van der Waals surface area contributed by atoms with E-state index in [-0.39, 0.29) is 0 Å². The van der Waals surface area contributed by atoms with E-state index in [1.807, 2.05) is 42.5 Å². The molecule has 0 atom stereocenters. The van der Waals surface area contributed by atoms with Crippen molar-refractivity contribution < 1.29 is 0 Å². The van der Waals surface area contributed by atoms with E-state index in [9.17, 15) is 0 Å². The molecular formula is C53H35N3. The molecule has 0 radical (unpaired) electrons. The van der Waals surface area contributed by atoms with Crippen molar-refractivity contribution in [3.63, 3.8) is 0 Å². The number of hydrogen-bond acceptors (Lipinski definition) is 3. The predicted octanol–water partition coefficient (Wildman–Crippen LogP) is 13.8. The third kappa shape index (κ3) is 6.31. The fourth-order valence-electron chi connectivity index (χ4n) is 7.74. The van der Waals surface area contributed by atoms with E-state index in [4.69, 9.17) is 15.0 Å². The third-order valence-electron chi connectivity index (χ3n) is 10.5. The van der Waals surface area contributed by atoms with E-state index in [1.54, 1.807) is 0 Å². The molecule has 0 aliphatic carbocycles. The van der Waals surface area contributed by atoms with Crippen LogP contribution in [0.2, 0.25) is 0 Å². The quantitative estimate of drug-likeness (QED) is 0.154. The van der Waals surface area contributed by atoms with Crippen LogP contribution in [0.5, 0.6) is 0 Å². The molecule has 2 aromatic heterocycles. The molecule has 0 amide bonds. The standard InChI is InChI=1S/C53H35N3/c1-5-16-36(17-6-1)47-34-49(37-18-7-2-8-19-37)54-48-31-30-45-44(28-15-29-46(45)52(47)48)42-26-13-24-40(32-42)41-25-14-27-43(33-41)51-35-50(38-20-9-3-10-21-38)55-53(56-51)39-22-11-4-12-23-39/h1-35H. The van der Waals surface area contributed by atoms with E-state index >= 15 is 0 Å². The van der Waals surface area contributed by atoms with Crippen LogP contribution in [0.15, 0.2) is 212 Å². The molecule has 262 valence electrons. The first kappa shape index (κ1) is 33.1. The topological polar surface area (TPSA) is 38.7 Å². The second-order valence-electron chi connectivity index (χ2n) is 14.0. The summed E-state index contributed by atoms with van der Waals surface area (Å²) in [5.41, 5.74) is 14.9. The van der Waals surface area contributed by atoms with Gasteiger partial charge < -0.3 is 0 Å². The lowest BCUT2D eigenvalue weighted by atomic mass is 9.90. The minimum atomic E-state index is 0.708. The Morgan fingerprint density at radius 3 is 1.38 bits per heavy atom. The van der Waals surface area contributed by atoms with E-state index in [0.717, 1.165) is 66.9 Å². The predicted molar refractivity (Wildman–Crippen MR) is 233 cm³/mol. The number of pyridine rings is 1. The first-order chi connectivity index (χ1) is 27.7. The minimum absolute atomic E-state index is 0.708. The van der Waals surface area contributed by atoms with Gasteiger partial charge in [-0.25, -0.2) is 15.0 Å². The molecule has 8 aromatic carbocycles. The third-order valence-corrected chi connectivity index (χ3v) is 10.5. The summed E-state index contributed by atoms with van der Waals surface area (Å²) in [6.45, 7) is 0. The number of fused-ring (bicyclic) bond motifs is 3. The molecule has 3 nitrogen and oxygen atoms in total. The summed E-state index contributed by atoms with van der Waals surface area (Å²) in [6.07, 6.45) is 0. The number of rotatable bonds is 7. The van der Waals surface area contributed by atoms with Gasteiger partial charge in [-0.2, -0.15) is 0 Å². The Hall–Kier alpha value is -7.49. The fourth-order valence-corrected chi connectivity index (χ4v) is 7.74. The van der Waals surface area contributed by atoms with E-state index in [1.165, 1.54) is 27.5 Å². The average Bonchev–Trinajstić information content (AvgIpc) is 3.29. The molecule has 56 heavy (non-hydrogen) atoms. The maximum atomic E-state index is 5.21. The van der Waals surface area contributed by atoms with E-state index < -0.39 is 0 Å². The maximum absolute atomic E-state index is 5.21. The lowest BCUT2D eigenvalue weighted by Gasteiger charge is -2.15. The van der Waals surface area contributed by atoms with Gasteiger partial charge in [0.15, 0.2) is 5.82 Å². The van der Waals surface area contributed by atoms with Crippen LogP contribution < -0.4 is 0 Å². The van der Waals surface area contributed by atoms with Gasteiger partial charge in [0.2, 0.25) is 0 Å². The summed E-state index contributed by atoms with van der Waals surface area (Å²) in [7, 11) is 0. The summed E-state index contributed by atoms with van der Waals surface area (Å²) in [6, 6.07) is 74.6. The summed E-state index contributed by atoms with van der Waals surface area (Å²) in [5.74, 6) is 0.708. The van der Waals surface area contributed by atoms with Gasteiger partial charge in [-0.3, -0.25) is 0 Å². The SMILES string of the molecule is c1ccc(-c2cc(-c3cccc(-c4cccc(-c5cccc6c5ccc5nc(-c7ccccc7)cc(-c7ccccc7)c56)c4)c3)nc(-c3ccccc3)n2)cc1. The average molecular weight is 714 g/mol. The largest absolute Gasteiger partial charge is 0.248 e. The Morgan fingerprint density at radius 2 is 0.732 bits per heavy atom. The zero-order valence-corrected chi connectivity index (χ0v) is 30.5. The highest BCUT2D eigenvalue weighted by atomic mass is 14.9. The van der Waals surface area contributed by atoms with Crippen molar-refractivity contribution in [1.82, 2.24) is 15.0 Å². The summed E-state index contributed by atoms with van der Waals surface area (Å²) >= 11 is 0. The van der Waals surface area contributed by atoms with Crippen LogP contribution in [0.1, 0.15) is 0 Å². The first-order valence-electron chi connectivity index (χ1n) is 18.9. The molecule has 0 N–H and O–H groups in total. The molecule has 0 unspecified atom stereocenters. The van der Waals surface area contributed by atoms with Crippen LogP contribution in [0, 0.1) is 0 Å². The van der Waals surface area contributed by atoms with Gasteiger partial charge in [-0.15, -0.1) is 0 Å². The van der Waals surface area contributed by atoms with Crippen molar-refractivity contribution in [2.75, 3.05) is 0 Å². The van der Waals surface area contributed by atoms with Gasteiger partial charge in [-0.1, -0.05) is 182 Å². The van der Waals surface area contributed by atoms with Crippen molar-refractivity contribution in [2.24, 2.45) is 0 Å². The van der Waals surface area contributed by atoms with Gasteiger partial charge in [-0.05, 0) is 74.5 Å². The molecule has 10 aromatic rings. The second-order valence-corrected chi connectivity index (χ2v) is 14.0.